The van der Waals surface area contributed by atoms with Gasteiger partial charge in [0.25, 0.3) is 0 Å². The van der Waals surface area contributed by atoms with Gasteiger partial charge in [-0.05, 0) is 40.8 Å². The molecular formula is C8H19NOS. The van der Waals surface area contributed by atoms with Crippen LogP contribution in [-0.4, -0.2) is 28.3 Å². The Morgan fingerprint density at radius 2 is 1.91 bits per heavy atom. The summed E-state index contributed by atoms with van der Waals surface area (Å²) in [7, 11) is 1.24. The smallest absolute Gasteiger partial charge is 0.0375 e. The minimum atomic E-state index is -0.679. The molecule has 0 aliphatic rings. The second kappa shape index (κ2) is 4.88. The van der Waals surface area contributed by atoms with E-state index in [-0.39, 0.29) is 4.75 Å². The van der Waals surface area contributed by atoms with E-state index in [1.165, 1.54) is 0 Å². The highest BCUT2D eigenvalue weighted by atomic mass is 32.2. The molecule has 0 aromatic carbocycles. The molecule has 0 fully saturated rings. The van der Waals surface area contributed by atoms with E-state index >= 15 is 0 Å². The van der Waals surface area contributed by atoms with Crippen molar-refractivity contribution < 1.29 is 4.21 Å². The van der Waals surface area contributed by atoms with Crippen LogP contribution in [0.2, 0.25) is 0 Å². The summed E-state index contributed by atoms with van der Waals surface area (Å²) in [5.74, 6) is 0.810. The molecule has 11 heavy (non-hydrogen) atoms. The molecule has 1 N–H and O–H groups in total. The van der Waals surface area contributed by atoms with E-state index in [4.69, 9.17) is 0 Å². The van der Waals surface area contributed by atoms with Crippen LogP contribution in [0.15, 0.2) is 0 Å². The van der Waals surface area contributed by atoms with Gasteiger partial charge in [-0.3, -0.25) is 4.21 Å². The van der Waals surface area contributed by atoms with E-state index in [0.29, 0.717) is 0 Å². The molecule has 0 aliphatic carbocycles. The third kappa shape index (κ3) is 5.39. The van der Waals surface area contributed by atoms with Crippen molar-refractivity contribution in [3.63, 3.8) is 0 Å². The van der Waals surface area contributed by atoms with Gasteiger partial charge in [-0.2, -0.15) is 0 Å². The molecule has 0 amide bonds. The lowest BCUT2D eigenvalue weighted by atomic mass is 10.3. The van der Waals surface area contributed by atoms with Crippen molar-refractivity contribution in [2.24, 2.45) is 0 Å². The van der Waals surface area contributed by atoms with Crippen molar-refractivity contribution in [3.05, 3.63) is 0 Å². The Hall–Kier alpha value is 0.110. The van der Waals surface area contributed by atoms with E-state index in [2.05, 4.69) is 5.32 Å². The maximum atomic E-state index is 11.4. The van der Waals surface area contributed by atoms with Gasteiger partial charge in [0.05, 0.1) is 0 Å². The van der Waals surface area contributed by atoms with E-state index in [1.54, 1.807) is 0 Å². The summed E-state index contributed by atoms with van der Waals surface area (Å²) >= 11 is 0. The molecule has 0 aliphatic heterocycles. The van der Waals surface area contributed by atoms with Crippen LogP contribution < -0.4 is 5.32 Å². The lowest BCUT2D eigenvalue weighted by Gasteiger charge is -2.17. The van der Waals surface area contributed by atoms with Gasteiger partial charge in [0.1, 0.15) is 0 Å². The predicted octanol–water partition coefficient (Wildman–Crippen LogP) is 1.14. The number of hydrogen-bond donors (Lipinski definition) is 1. The summed E-state index contributed by atoms with van der Waals surface area (Å²) in [6.07, 6.45) is 1.00. The molecule has 0 bridgehead atoms. The number of hydrogen-bond acceptors (Lipinski definition) is 2. The third-order valence-corrected chi connectivity index (χ3v) is 3.47. The van der Waals surface area contributed by atoms with Gasteiger partial charge in [0.15, 0.2) is 0 Å². The monoisotopic (exact) mass is 177 g/mol. The van der Waals surface area contributed by atoms with E-state index in [1.807, 2.05) is 27.8 Å². The van der Waals surface area contributed by atoms with Crippen molar-refractivity contribution in [1.29, 1.82) is 0 Å². The van der Waals surface area contributed by atoms with Gasteiger partial charge < -0.3 is 5.32 Å². The summed E-state index contributed by atoms with van der Waals surface area (Å²) in [6.45, 7) is 7.01. The second-order valence-corrected chi connectivity index (χ2v) is 5.94. The topological polar surface area (TPSA) is 29.1 Å². The molecule has 1 atom stereocenters. The molecule has 0 saturated heterocycles. The van der Waals surface area contributed by atoms with Crippen LogP contribution in [0.5, 0.6) is 0 Å². The zero-order valence-electron chi connectivity index (χ0n) is 7.94. The van der Waals surface area contributed by atoms with Crippen LogP contribution in [0, 0.1) is 0 Å². The molecule has 0 aromatic rings. The van der Waals surface area contributed by atoms with Crippen molar-refractivity contribution in [2.45, 2.75) is 31.9 Å². The quantitative estimate of drug-likeness (QED) is 0.653. The molecule has 0 radical (unpaired) electrons. The van der Waals surface area contributed by atoms with Crippen LogP contribution in [0.25, 0.3) is 0 Å². The Balaban J connectivity index is 3.54. The lowest BCUT2D eigenvalue weighted by molar-refractivity contribution is 0.643. The summed E-state index contributed by atoms with van der Waals surface area (Å²) in [6, 6.07) is 0. The van der Waals surface area contributed by atoms with Gasteiger partial charge >= 0.3 is 0 Å². The first kappa shape index (κ1) is 11.1. The Morgan fingerprint density at radius 1 is 1.36 bits per heavy atom. The molecule has 2 nitrogen and oxygen atoms in total. The van der Waals surface area contributed by atoms with Gasteiger partial charge in [-0.25, -0.2) is 0 Å². The van der Waals surface area contributed by atoms with Crippen molar-refractivity contribution in [2.75, 3.05) is 19.3 Å². The van der Waals surface area contributed by atoms with E-state index in [0.717, 1.165) is 18.7 Å². The Bertz CT molecular complexity index is 129. The van der Waals surface area contributed by atoms with E-state index in [9.17, 15) is 4.21 Å². The highest BCUT2D eigenvalue weighted by Crippen LogP contribution is 2.11. The molecular weight excluding hydrogens is 158 g/mol. The normalized spacial score (nSPS) is 14.9. The SMILES string of the molecule is CNCCCS(=O)C(C)(C)C. The first-order valence-electron chi connectivity index (χ1n) is 4.01. The number of rotatable bonds is 4. The fraction of sp³-hybridized carbons (Fsp3) is 1.00. The number of nitrogens with one attached hydrogen (secondary N) is 1. The summed E-state index contributed by atoms with van der Waals surface area (Å²) < 4.78 is 11.4. The van der Waals surface area contributed by atoms with Crippen molar-refractivity contribution in [1.82, 2.24) is 5.32 Å². The second-order valence-electron chi connectivity index (χ2n) is 3.62. The van der Waals surface area contributed by atoms with Crippen molar-refractivity contribution >= 4 is 10.8 Å². The van der Waals surface area contributed by atoms with Gasteiger partial charge in [0, 0.05) is 21.3 Å². The fourth-order valence-corrected chi connectivity index (χ4v) is 1.71. The van der Waals surface area contributed by atoms with Gasteiger partial charge in [0.2, 0.25) is 0 Å². The molecule has 0 aromatic heterocycles. The lowest BCUT2D eigenvalue weighted by Crippen LogP contribution is -2.25. The average Bonchev–Trinajstić information content (AvgIpc) is 1.86. The fourth-order valence-electron chi connectivity index (χ4n) is 0.686. The summed E-state index contributed by atoms with van der Waals surface area (Å²) in [5, 5.41) is 3.04. The molecule has 0 heterocycles. The summed E-state index contributed by atoms with van der Waals surface area (Å²) in [4.78, 5) is 0. The van der Waals surface area contributed by atoms with Crippen LogP contribution in [0.1, 0.15) is 27.2 Å². The first-order valence-corrected chi connectivity index (χ1v) is 5.33. The minimum absolute atomic E-state index is 0.0479. The standard InChI is InChI=1S/C8H19NOS/c1-8(2,3)11(10)7-5-6-9-4/h9H,5-7H2,1-4H3. The Morgan fingerprint density at radius 3 is 2.27 bits per heavy atom. The van der Waals surface area contributed by atoms with Crippen LogP contribution in [0.3, 0.4) is 0 Å². The minimum Gasteiger partial charge on any atom is -0.320 e. The van der Waals surface area contributed by atoms with Crippen molar-refractivity contribution in [3.8, 4) is 0 Å². The maximum Gasteiger partial charge on any atom is 0.0375 e. The molecule has 68 valence electrons. The zero-order chi connectivity index (χ0) is 8.91. The Labute approximate surface area is 72.2 Å². The highest BCUT2D eigenvalue weighted by molar-refractivity contribution is 7.86. The van der Waals surface area contributed by atoms with Crippen LogP contribution >= 0.6 is 0 Å². The summed E-state index contributed by atoms with van der Waals surface area (Å²) in [5.41, 5.74) is 0. The average molecular weight is 177 g/mol. The molecule has 0 spiro atoms. The molecule has 3 heteroatoms. The predicted molar refractivity (Wildman–Crippen MR) is 51.3 cm³/mol. The van der Waals surface area contributed by atoms with E-state index < -0.39 is 10.8 Å². The molecule has 1 unspecified atom stereocenters. The largest absolute Gasteiger partial charge is 0.320 e. The first-order chi connectivity index (χ1) is 4.98. The molecule has 0 rings (SSSR count). The highest BCUT2D eigenvalue weighted by Gasteiger charge is 2.17. The maximum absolute atomic E-state index is 11.4. The van der Waals surface area contributed by atoms with Crippen LogP contribution in [-0.2, 0) is 10.8 Å². The Kier molecular flexibility index (Phi) is 4.93. The molecule has 0 saturated carbocycles. The zero-order valence-corrected chi connectivity index (χ0v) is 8.75. The third-order valence-electron chi connectivity index (χ3n) is 1.44. The van der Waals surface area contributed by atoms with Crippen LogP contribution in [0.4, 0.5) is 0 Å². The van der Waals surface area contributed by atoms with Gasteiger partial charge in [-0.15, -0.1) is 0 Å². The van der Waals surface area contributed by atoms with Gasteiger partial charge in [-0.1, -0.05) is 0 Å².